The van der Waals surface area contributed by atoms with E-state index in [1.165, 1.54) is 0 Å². The number of nitrogens with zero attached hydrogens (tertiary/aromatic N) is 5. The van der Waals surface area contributed by atoms with Crippen LogP contribution in [0.1, 0.15) is 41.5 Å². The second kappa shape index (κ2) is 8.46. The molecule has 184 valence electrons. The lowest BCUT2D eigenvalue weighted by molar-refractivity contribution is 0.0962. The first-order valence-electron chi connectivity index (χ1n) is 12.4. The molecule has 1 aromatic heterocycles. The Balaban J connectivity index is 1.20. The van der Waals surface area contributed by atoms with Gasteiger partial charge in [-0.1, -0.05) is 0 Å². The first kappa shape index (κ1) is 22.2. The third kappa shape index (κ3) is 3.63. The zero-order valence-electron chi connectivity index (χ0n) is 20.3. The first-order valence-corrected chi connectivity index (χ1v) is 12.4. The van der Waals surface area contributed by atoms with Gasteiger partial charge in [-0.05, 0) is 38.0 Å². The third-order valence-electron chi connectivity index (χ3n) is 8.04. The van der Waals surface area contributed by atoms with Crippen molar-refractivity contribution in [2.24, 2.45) is 16.1 Å². The summed E-state index contributed by atoms with van der Waals surface area (Å²) in [5.74, 6) is 1.65. The van der Waals surface area contributed by atoms with Crippen molar-refractivity contribution in [3.05, 3.63) is 41.3 Å². The van der Waals surface area contributed by atoms with Gasteiger partial charge in [0.05, 0.1) is 42.5 Å². The number of hydrogen-bond acceptors (Lipinski definition) is 9. The van der Waals surface area contributed by atoms with Crippen LogP contribution in [0.2, 0.25) is 0 Å². The maximum Gasteiger partial charge on any atom is 0.251 e. The van der Waals surface area contributed by atoms with Crippen molar-refractivity contribution in [2.75, 3.05) is 55.0 Å². The molecule has 5 heterocycles. The van der Waals surface area contributed by atoms with Crippen molar-refractivity contribution in [3.8, 4) is 0 Å². The van der Waals surface area contributed by atoms with Crippen LogP contribution >= 0.6 is 0 Å². The van der Waals surface area contributed by atoms with E-state index in [1.54, 1.807) is 7.05 Å². The number of carbonyl (C=O) groups excluding carboxylic acids is 1. The minimum Gasteiger partial charge on any atom is -0.382 e. The lowest BCUT2D eigenvalue weighted by Gasteiger charge is -2.41. The molecule has 2 aromatic rings. The van der Waals surface area contributed by atoms with Gasteiger partial charge in [0.2, 0.25) is 0 Å². The number of rotatable bonds is 2. The summed E-state index contributed by atoms with van der Waals surface area (Å²) in [5.41, 5.74) is 10.9. The summed E-state index contributed by atoms with van der Waals surface area (Å²) >= 11 is 0. The highest BCUT2D eigenvalue weighted by Gasteiger charge is 2.47. The van der Waals surface area contributed by atoms with Crippen LogP contribution in [0.15, 0.2) is 29.4 Å². The first-order chi connectivity index (χ1) is 17.0. The highest BCUT2D eigenvalue weighted by molar-refractivity contribution is 6.13. The summed E-state index contributed by atoms with van der Waals surface area (Å²) in [4.78, 5) is 31.2. The number of amides is 1. The van der Waals surface area contributed by atoms with E-state index < -0.39 is 0 Å². The third-order valence-corrected chi connectivity index (χ3v) is 8.04. The van der Waals surface area contributed by atoms with E-state index in [1.807, 2.05) is 24.4 Å². The zero-order valence-corrected chi connectivity index (χ0v) is 20.3. The number of hydrogen-bond donors (Lipinski definition) is 3. The van der Waals surface area contributed by atoms with Crippen LogP contribution in [-0.2, 0) is 11.3 Å². The summed E-state index contributed by atoms with van der Waals surface area (Å²) in [5, 5.41) is 6.08. The Morgan fingerprint density at radius 1 is 1.29 bits per heavy atom. The Kier molecular flexibility index (Phi) is 5.37. The topological polar surface area (TPSA) is 121 Å². The van der Waals surface area contributed by atoms with Crippen LogP contribution in [0.3, 0.4) is 0 Å². The summed E-state index contributed by atoms with van der Waals surface area (Å²) in [6.45, 7) is 6.69. The number of ether oxygens (including phenoxy) is 1. The van der Waals surface area contributed by atoms with Crippen LogP contribution in [0.25, 0.3) is 0 Å². The number of benzene rings is 1. The quantitative estimate of drug-likeness (QED) is 0.594. The summed E-state index contributed by atoms with van der Waals surface area (Å²) in [6.07, 6.45) is 4.02. The minimum atomic E-state index is -0.103. The molecule has 1 amide bonds. The molecule has 0 unspecified atom stereocenters. The van der Waals surface area contributed by atoms with Gasteiger partial charge < -0.3 is 30.9 Å². The molecule has 1 aromatic carbocycles. The zero-order chi connectivity index (χ0) is 24.2. The predicted octanol–water partition coefficient (Wildman–Crippen LogP) is 1.36. The van der Waals surface area contributed by atoms with Gasteiger partial charge in [-0.3, -0.25) is 9.79 Å². The second-order valence-corrected chi connectivity index (χ2v) is 9.94. The average molecular weight is 477 g/mol. The maximum atomic E-state index is 12.1. The molecule has 0 radical (unpaired) electrons. The molecule has 4 aliphatic rings. The molecule has 0 aliphatic carbocycles. The molecule has 0 saturated carbocycles. The van der Waals surface area contributed by atoms with Crippen LogP contribution in [0.5, 0.6) is 0 Å². The van der Waals surface area contributed by atoms with Gasteiger partial charge in [-0.15, -0.1) is 0 Å². The van der Waals surface area contributed by atoms with E-state index in [0.29, 0.717) is 12.1 Å². The van der Waals surface area contributed by atoms with Crippen molar-refractivity contribution in [1.29, 1.82) is 0 Å². The number of aliphatic imine (C=N–C) groups is 1. The van der Waals surface area contributed by atoms with Gasteiger partial charge in [0.25, 0.3) is 5.91 Å². The summed E-state index contributed by atoms with van der Waals surface area (Å²) < 4.78 is 5.86. The molecular weight excluding hydrogens is 444 g/mol. The number of nitrogens with two attached hydrogens (primary N) is 1. The smallest absolute Gasteiger partial charge is 0.251 e. The normalized spacial score (nSPS) is 24.6. The van der Waals surface area contributed by atoms with E-state index in [9.17, 15) is 4.79 Å². The fraction of sp³-hybridized carbons (Fsp3) is 0.520. The van der Waals surface area contributed by atoms with Crippen molar-refractivity contribution < 1.29 is 9.53 Å². The fourth-order valence-corrected chi connectivity index (χ4v) is 5.80. The standard InChI is InChI=1S/C25H32N8O2/c1-15-22(26)25(14-35-15)5-8-32(9-6-25)20-13-29-21-18(31-20)12-30-23(21)33-10-7-28-17-11-16(24(34)27-2)3-4-19(17)33/h3-4,11,13,15,22,28H,5-10,12,14,26H2,1-2H3,(H,27,34)/t15-,22+/m0/s1. The lowest BCUT2D eigenvalue weighted by atomic mass is 9.73. The van der Waals surface area contributed by atoms with E-state index in [4.69, 9.17) is 25.4 Å². The van der Waals surface area contributed by atoms with E-state index in [2.05, 4.69) is 27.4 Å². The molecule has 0 bridgehead atoms. The highest BCUT2D eigenvalue weighted by atomic mass is 16.5. The maximum absolute atomic E-state index is 12.1. The summed E-state index contributed by atoms with van der Waals surface area (Å²) in [7, 11) is 1.64. The van der Waals surface area contributed by atoms with Gasteiger partial charge in [-0.2, -0.15) is 0 Å². The summed E-state index contributed by atoms with van der Waals surface area (Å²) in [6, 6.07) is 5.79. The molecule has 2 atom stereocenters. The molecular formula is C25H32N8O2. The number of carbonyl (C=O) groups is 1. The van der Waals surface area contributed by atoms with E-state index in [0.717, 1.165) is 80.0 Å². The number of aromatic nitrogens is 2. The highest BCUT2D eigenvalue weighted by Crippen LogP contribution is 2.42. The van der Waals surface area contributed by atoms with Crippen LogP contribution in [0.4, 0.5) is 17.2 Å². The Labute approximate surface area is 205 Å². The fourth-order valence-electron chi connectivity index (χ4n) is 5.80. The van der Waals surface area contributed by atoms with Crippen LogP contribution in [-0.4, -0.2) is 73.7 Å². The number of piperidine rings is 1. The molecule has 2 fully saturated rings. The van der Waals surface area contributed by atoms with Crippen molar-refractivity contribution >= 4 is 28.9 Å². The number of anilines is 3. The molecule has 4 aliphatic heterocycles. The molecule has 1 spiro atoms. The molecule has 10 nitrogen and oxygen atoms in total. The van der Waals surface area contributed by atoms with Gasteiger partial charge in [0.1, 0.15) is 11.5 Å². The number of amidine groups is 1. The van der Waals surface area contributed by atoms with Gasteiger partial charge in [-0.25, -0.2) is 9.97 Å². The van der Waals surface area contributed by atoms with Gasteiger partial charge in [0, 0.05) is 50.2 Å². The Bertz CT molecular complexity index is 1190. The SMILES string of the molecule is CNC(=O)c1ccc2c(c1)NCCN2C1=NCc2nc(N3CCC4(CC3)CO[C@@H](C)[C@H]4N)cnc21. The van der Waals surface area contributed by atoms with E-state index in [-0.39, 0.29) is 23.5 Å². The Morgan fingerprint density at radius 2 is 2.11 bits per heavy atom. The Hall–Kier alpha value is -3.24. The molecule has 6 rings (SSSR count). The van der Waals surface area contributed by atoms with Crippen molar-refractivity contribution in [1.82, 2.24) is 15.3 Å². The Morgan fingerprint density at radius 3 is 2.86 bits per heavy atom. The number of fused-ring (bicyclic) bond motifs is 2. The largest absolute Gasteiger partial charge is 0.382 e. The van der Waals surface area contributed by atoms with E-state index >= 15 is 0 Å². The number of nitrogens with one attached hydrogen (secondary N) is 2. The van der Waals surface area contributed by atoms with Crippen molar-refractivity contribution in [3.63, 3.8) is 0 Å². The minimum absolute atomic E-state index is 0.0870. The van der Waals surface area contributed by atoms with Gasteiger partial charge in [0.15, 0.2) is 5.84 Å². The van der Waals surface area contributed by atoms with Crippen LogP contribution < -0.4 is 26.2 Å². The monoisotopic (exact) mass is 476 g/mol. The molecule has 35 heavy (non-hydrogen) atoms. The molecule has 2 saturated heterocycles. The lowest BCUT2D eigenvalue weighted by Crippen LogP contribution is -2.50. The molecule has 4 N–H and O–H groups in total. The average Bonchev–Trinajstić information content (AvgIpc) is 3.44. The van der Waals surface area contributed by atoms with Crippen molar-refractivity contribution in [2.45, 2.75) is 38.5 Å². The van der Waals surface area contributed by atoms with Crippen LogP contribution in [0, 0.1) is 5.41 Å². The second-order valence-electron chi connectivity index (χ2n) is 9.94. The van der Waals surface area contributed by atoms with Gasteiger partial charge >= 0.3 is 0 Å². The molecule has 10 heteroatoms. The predicted molar refractivity (Wildman–Crippen MR) is 135 cm³/mol.